The van der Waals surface area contributed by atoms with Gasteiger partial charge >= 0.3 is 0 Å². The lowest BCUT2D eigenvalue weighted by molar-refractivity contribution is 0.0745. The van der Waals surface area contributed by atoms with Gasteiger partial charge in [0.2, 0.25) is 0 Å². The molecule has 1 spiro atoms. The third kappa shape index (κ3) is 1.75. The van der Waals surface area contributed by atoms with Crippen LogP contribution in [0.5, 0.6) is 11.5 Å². The third-order valence-corrected chi connectivity index (χ3v) is 4.71. The number of methoxy groups -OCH3 is 2. The van der Waals surface area contributed by atoms with Crippen LogP contribution in [0.1, 0.15) is 48.0 Å². The highest BCUT2D eigenvalue weighted by molar-refractivity contribution is 6.07. The van der Waals surface area contributed by atoms with E-state index in [0.717, 1.165) is 49.0 Å². The van der Waals surface area contributed by atoms with Crippen molar-refractivity contribution in [3.63, 3.8) is 0 Å². The van der Waals surface area contributed by atoms with Crippen LogP contribution in [-0.2, 0) is 6.42 Å². The van der Waals surface area contributed by atoms with Gasteiger partial charge in [0.05, 0.1) is 19.8 Å². The standard InChI is InChI=1S/C16H20O3/c1-18-12-6-7-13(19-2)14-11(12)10-16(15(14)17)8-4-3-5-9-16/h6-7H,3-5,8-10H2,1-2H3. The zero-order valence-electron chi connectivity index (χ0n) is 11.6. The summed E-state index contributed by atoms with van der Waals surface area (Å²) in [6.07, 6.45) is 6.40. The minimum absolute atomic E-state index is 0.178. The number of hydrogen-bond donors (Lipinski definition) is 0. The molecule has 3 heteroatoms. The molecule has 0 heterocycles. The molecule has 1 aromatic rings. The Balaban J connectivity index is 2.10. The van der Waals surface area contributed by atoms with Crippen molar-refractivity contribution in [2.45, 2.75) is 38.5 Å². The van der Waals surface area contributed by atoms with E-state index in [4.69, 9.17) is 9.47 Å². The molecule has 0 radical (unpaired) electrons. The molecule has 1 fully saturated rings. The molecule has 0 aromatic heterocycles. The van der Waals surface area contributed by atoms with Crippen LogP contribution in [0.15, 0.2) is 12.1 Å². The Morgan fingerprint density at radius 1 is 1.00 bits per heavy atom. The molecule has 0 unspecified atom stereocenters. The molecular formula is C16H20O3. The molecule has 0 saturated heterocycles. The molecule has 2 aliphatic carbocycles. The van der Waals surface area contributed by atoms with Gasteiger partial charge in [-0.25, -0.2) is 0 Å². The summed E-state index contributed by atoms with van der Waals surface area (Å²) >= 11 is 0. The average molecular weight is 260 g/mol. The highest BCUT2D eigenvalue weighted by Crippen LogP contribution is 2.51. The Bertz CT molecular complexity index is 513. The van der Waals surface area contributed by atoms with Crippen LogP contribution in [0.3, 0.4) is 0 Å². The van der Waals surface area contributed by atoms with E-state index in [1.807, 2.05) is 12.1 Å². The maximum atomic E-state index is 12.9. The minimum atomic E-state index is -0.178. The molecular weight excluding hydrogens is 240 g/mol. The smallest absolute Gasteiger partial charge is 0.173 e. The molecule has 102 valence electrons. The second-order valence-electron chi connectivity index (χ2n) is 5.67. The maximum Gasteiger partial charge on any atom is 0.173 e. The quantitative estimate of drug-likeness (QED) is 0.817. The van der Waals surface area contributed by atoms with E-state index in [1.165, 1.54) is 6.42 Å². The van der Waals surface area contributed by atoms with Crippen molar-refractivity contribution in [3.05, 3.63) is 23.3 Å². The first-order valence-electron chi connectivity index (χ1n) is 7.00. The van der Waals surface area contributed by atoms with Crippen LogP contribution in [-0.4, -0.2) is 20.0 Å². The van der Waals surface area contributed by atoms with Crippen molar-refractivity contribution in [2.75, 3.05) is 14.2 Å². The summed E-state index contributed by atoms with van der Waals surface area (Å²) in [4.78, 5) is 12.9. The van der Waals surface area contributed by atoms with Gasteiger partial charge in [-0.15, -0.1) is 0 Å². The van der Waals surface area contributed by atoms with Crippen LogP contribution in [0.25, 0.3) is 0 Å². The number of rotatable bonds is 2. The first-order valence-corrected chi connectivity index (χ1v) is 7.00. The molecule has 0 bridgehead atoms. The van der Waals surface area contributed by atoms with Gasteiger partial charge in [0, 0.05) is 11.0 Å². The normalized spacial score (nSPS) is 20.4. The van der Waals surface area contributed by atoms with Crippen LogP contribution in [0, 0.1) is 5.41 Å². The van der Waals surface area contributed by atoms with Gasteiger partial charge in [-0.2, -0.15) is 0 Å². The zero-order valence-corrected chi connectivity index (χ0v) is 11.6. The second-order valence-corrected chi connectivity index (χ2v) is 5.67. The zero-order chi connectivity index (χ0) is 13.5. The highest BCUT2D eigenvalue weighted by atomic mass is 16.5. The van der Waals surface area contributed by atoms with Gasteiger partial charge in [0.1, 0.15) is 11.5 Å². The SMILES string of the molecule is COc1ccc(OC)c2c1CC1(CCCCC1)C2=O. The molecule has 3 nitrogen and oxygen atoms in total. The number of hydrogen-bond acceptors (Lipinski definition) is 3. The van der Waals surface area contributed by atoms with Gasteiger partial charge in [0.25, 0.3) is 0 Å². The largest absolute Gasteiger partial charge is 0.496 e. The maximum absolute atomic E-state index is 12.9. The fourth-order valence-corrected chi connectivity index (χ4v) is 3.71. The number of fused-ring (bicyclic) bond motifs is 1. The summed E-state index contributed by atoms with van der Waals surface area (Å²) in [6, 6.07) is 3.75. The van der Waals surface area contributed by atoms with Crippen molar-refractivity contribution in [1.82, 2.24) is 0 Å². The Kier molecular flexibility index (Phi) is 3.00. The van der Waals surface area contributed by atoms with Crippen molar-refractivity contribution < 1.29 is 14.3 Å². The van der Waals surface area contributed by atoms with Crippen molar-refractivity contribution >= 4 is 5.78 Å². The summed E-state index contributed by atoms with van der Waals surface area (Å²) in [5, 5.41) is 0. The predicted octanol–water partition coefficient (Wildman–Crippen LogP) is 3.39. The van der Waals surface area contributed by atoms with Crippen LogP contribution >= 0.6 is 0 Å². The van der Waals surface area contributed by atoms with Gasteiger partial charge < -0.3 is 9.47 Å². The van der Waals surface area contributed by atoms with E-state index in [2.05, 4.69) is 0 Å². The third-order valence-electron chi connectivity index (χ3n) is 4.71. The number of ketones is 1. The van der Waals surface area contributed by atoms with Crippen molar-refractivity contribution in [1.29, 1.82) is 0 Å². The Morgan fingerprint density at radius 2 is 1.63 bits per heavy atom. The molecule has 3 rings (SSSR count). The van der Waals surface area contributed by atoms with Gasteiger partial charge in [-0.05, 0) is 31.4 Å². The summed E-state index contributed by atoms with van der Waals surface area (Å²) < 4.78 is 10.8. The molecule has 19 heavy (non-hydrogen) atoms. The molecule has 1 saturated carbocycles. The fourth-order valence-electron chi connectivity index (χ4n) is 3.71. The second kappa shape index (κ2) is 4.55. The lowest BCUT2D eigenvalue weighted by atomic mass is 9.71. The van der Waals surface area contributed by atoms with E-state index >= 15 is 0 Å². The fraction of sp³-hybridized carbons (Fsp3) is 0.562. The molecule has 0 N–H and O–H groups in total. The molecule has 0 atom stereocenters. The lowest BCUT2D eigenvalue weighted by Gasteiger charge is -2.31. The van der Waals surface area contributed by atoms with Crippen molar-refractivity contribution in [3.8, 4) is 11.5 Å². The Morgan fingerprint density at radius 3 is 2.26 bits per heavy atom. The van der Waals surface area contributed by atoms with Crippen LogP contribution in [0.4, 0.5) is 0 Å². The highest BCUT2D eigenvalue weighted by Gasteiger charge is 2.48. The lowest BCUT2D eigenvalue weighted by Crippen LogP contribution is -2.30. The molecule has 1 aromatic carbocycles. The summed E-state index contributed by atoms with van der Waals surface area (Å²) in [5.74, 6) is 1.80. The Hall–Kier alpha value is -1.51. The first-order chi connectivity index (χ1) is 9.22. The number of Topliss-reactive ketones (excluding diaryl/α,β-unsaturated/α-hetero) is 1. The Labute approximate surface area is 113 Å². The van der Waals surface area contributed by atoms with Gasteiger partial charge in [-0.1, -0.05) is 19.3 Å². The minimum Gasteiger partial charge on any atom is -0.496 e. The summed E-state index contributed by atoms with van der Waals surface area (Å²) in [6.45, 7) is 0. The van der Waals surface area contributed by atoms with E-state index < -0.39 is 0 Å². The number of benzene rings is 1. The van der Waals surface area contributed by atoms with Gasteiger partial charge in [0.15, 0.2) is 5.78 Å². The van der Waals surface area contributed by atoms with Crippen molar-refractivity contribution in [2.24, 2.45) is 5.41 Å². The number of carbonyl (C=O) groups is 1. The summed E-state index contributed by atoms with van der Waals surface area (Å²) in [7, 11) is 3.29. The topological polar surface area (TPSA) is 35.5 Å². The van der Waals surface area contributed by atoms with Crippen LogP contribution < -0.4 is 9.47 Å². The van der Waals surface area contributed by atoms with E-state index in [1.54, 1.807) is 14.2 Å². The molecule has 0 aliphatic heterocycles. The molecule has 2 aliphatic rings. The van der Waals surface area contributed by atoms with E-state index in [9.17, 15) is 4.79 Å². The van der Waals surface area contributed by atoms with Crippen LogP contribution in [0.2, 0.25) is 0 Å². The average Bonchev–Trinajstić information content (AvgIpc) is 2.72. The summed E-state index contributed by atoms with van der Waals surface area (Å²) in [5.41, 5.74) is 1.64. The predicted molar refractivity (Wildman–Crippen MR) is 73.1 cm³/mol. The van der Waals surface area contributed by atoms with E-state index in [0.29, 0.717) is 5.75 Å². The van der Waals surface area contributed by atoms with Gasteiger partial charge in [-0.3, -0.25) is 4.79 Å². The first kappa shape index (κ1) is 12.5. The monoisotopic (exact) mass is 260 g/mol. The number of ether oxygens (including phenoxy) is 2. The number of carbonyl (C=O) groups excluding carboxylic acids is 1. The van der Waals surface area contributed by atoms with E-state index in [-0.39, 0.29) is 11.2 Å². The molecule has 0 amide bonds.